The van der Waals surface area contributed by atoms with Crippen LogP contribution >= 0.6 is 11.3 Å². The molecule has 1 N–H and O–H groups in total. The van der Waals surface area contributed by atoms with Gasteiger partial charge in [-0.05, 0) is 55.0 Å². The third kappa shape index (κ3) is 9.62. The predicted octanol–water partition coefficient (Wildman–Crippen LogP) is 6.45. The average molecular weight is 398 g/mol. The van der Waals surface area contributed by atoms with Crippen molar-refractivity contribution in [2.24, 2.45) is 0 Å². The Labute approximate surface area is 173 Å². The zero-order valence-electron chi connectivity index (χ0n) is 16.8. The Morgan fingerprint density at radius 3 is 2.39 bits per heavy atom. The third-order valence-corrected chi connectivity index (χ3v) is 5.38. The number of anilines is 1. The summed E-state index contributed by atoms with van der Waals surface area (Å²) in [6, 6.07) is 11.8. The van der Waals surface area contributed by atoms with Crippen molar-refractivity contribution in [2.75, 3.05) is 11.9 Å². The number of hydrogen-bond acceptors (Lipinski definition) is 4. The highest BCUT2D eigenvalue weighted by atomic mass is 32.1. The Morgan fingerprint density at radius 2 is 1.71 bits per heavy atom. The van der Waals surface area contributed by atoms with Gasteiger partial charge in [-0.15, -0.1) is 11.3 Å². The van der Waals surface area contributed by atoms with E-state index in [1.54, 1.807) is 12.1 Å². The molecule has 2 aromatic rings. The fraction of sp³-hybridized carbons (Fsp3) is 0.458. The van der Waals surface area contributed by atoms with Crippen LogP contribution in [0, 0.1) is 11.8 Å². The van der Waals surface area contributed by atoms with E-state index in [4.69, 9.17) is 4.74 Å². The van der Waals surface area contributed by atoms with Crippen LogP contribution in [0.3, 0.4) is 0 Å². The van der Waals surface area contributed by atoms with Crippen molar-refractivity contribution in [1.82, 2.24) is 0 Å². The van der Waals surface area contributed by atoms with Gasteiger partial charge >= 0.3 is 5.97 Å². The molecule has 0 aliphatic heterocycles. The van der Waals surface area contributed by atoms with Crippen LogP contribution < -0.4 is 10.1 Å². The molecule has 0 atom stereocenters. The van der Waals surface area contributed by atoms with Crippen molar-refractivity contribution in [3.05, 3.63) is 46.7 Å². The SMILES string of the molecule is CCC#CC(=O)Oc1ccc(NCCCCCCCCCc2cccs2)cc1. The maximum atomic E-state index is 11.5. The van der Waals surface area contributed by atoms with Gasteiger partial charge in [-0.1, -0.05) is 51.0 Å². The van der Waals surface area contributed by atoms with E-state index in [0.29, 0.717) is 12.2 Å². The van der Waals surface area contributed by atoms with E-state index in [0.717, 1.165) is 12.2 Å². The fourth-order valence-corrected chi connectivity index (χ4v) is 3.68. The van der Waals surface area contributed by atoms with Gasteiger partial charge in [-0.3, -0.25) is 0 Å². The lowest BCUT2D eigenvalue weighted by Crippen LogP contribution is -2.05. The summed E-state index contributed by atoms with van der Waals surface area (Å²) in [6.07, 6.45) is 11.0. The maximum Gasteiger partial charge on any atom is 0.389 e. The molecule has 0 radical (unpaired) electrons. The second kappa shape index (κ2) is 13.8. The Morgan fingerprint density at radius 1 is 1.00 bits per heavy atom. The zero-order chi connectivity index (χ0) is 19.9. The van der Waals surface area contributed by atoms with E-state index in [-0.39, 0.29) is 0 Å². The van der Waals surface area contributed by atoms with Crippen molar-refractivity contribution >= 4 is 23.0 Å². The number of carbonyl (C=O) groups is 1. The molecule has 2 rings (SSSR count). The summed E-state index contributed by atoms with van der Waals surface area (Å²) in [5.74, 6) is 5.18. The van der Waals surface area contributed by atoms with E-state index < -0.39 is 5.97 Å². The van der Waals surface area contributed by atoms with Crippen molar-refractivity contribution in [3.8, 4) is 17.6 Å². The first-order valence-corrected chi connectivity index (χ1v) is 11.2. The lowest BCUT2D eigenvalue weighted by atomic mass is 10.1. The Balaban J connectivity index is 1.46. The highest BCUT2D eigenvalue weighted by Gasteiger charge is 2.01. The van der Waals surface area contributed by atoms with E-state index in [2.05, 4.69) is 34.7 Å². The lowest BCUT2D eigenvalue weighted by molar-refractivity contribution is -0.128. The Hall–Kier alpha value is -2.25. The van der Waals surface area contributed by atoms with E-state index >= 15 is 0 Å². The van der Waals surface area contributed by atoms with Crippen molar-refractivity contribution < 1.29 is 9.53 Å². The summed E-state index contributed by atoms with van der Waals surface area (Å²) < 4.78 is 5.15. The minimum Gasteiger partial charge on any atom is -0.417 e. The number of unbranched alkanes of at least 4 members (excludes halogenated alkanes) is 6. The number of rotatable bonds is 12. The van der Waals surface area contributed by atoms with E-state index in [1.165, 1.54) is 56.2 Å². The molecule has 0 bridgehead atoms. The summed E-state index contributed by atoms with van der Waals surface area (Å²) in [6.45, 7) is 2.87. The molecule has 0 aliphatic rings. The number of benzene rings is 1. The topological polar surface area (TPSA) is 38.3 Å². The molecule has 0 unspecified atom stereocenters. The molecule has 0 aliphatic carbocycles. The quantitative estimate of drug-likeness (QED) is 0.147. The summed E-state index contributed by atoms with van der Waals surface area (Å²) in [5, 5.41) is 5.58. The number of nitrogens with one attached hydrogen (secondary N) is 1. The van der Waals surface area contributed by atoms with Crippen molar-refractivity contribution in [3.63, 3.8) is 0 Å². The van der Waals surface area contributed by atoms with Gasteiger partial charge in [-0.25, -0.2) is 4.79 Å². The number of carbonyl (C=O) groups excluding carboxylic acids is 1. The molecular formula is C24H31NO2S. The summed E-state index contributed by atoms with van der Waals surface area (Å²) in [7, 11) is 0. The highest BCUT2D eigenvalue weighted by molar-refractivity contribution is 7.09. The number of ether oxygens (including phenoxy) is 1. The smallest absolute Gasteiger partial charge is 0.389 e. The summed E-state index contributed by atoms with van der Waals surface area (Å²) in [5.41, 5.74) is 1.05. The third-order valence-electron chi connectivity index (χ3n) is 4.44. The number of esters is 1. The van der Waals surface area contributed by atoms with Crippen LogP contribution in [-0.4, -0.2) is 12.5 Å². The number of aryl methyl sites for hydroxylation is 1. The van der Waals surface area contributed by atoms with Crippen molar-refractivity contribution in [1.29, 1.82) is 0 Å². The van der Waals surface area contributed by atoms with Crippen LogP contribution in [0.5, 0.6) is 5.75 Å². The van der Waals surface area contributed by atoms with Gasteiger partial charge in [0, 0.05) is 29.5 Å². The predicted molar refractivity (Wildman–Crippen MR) is 119 cm³/mol. The van der Waals surface area contributed by atoms with Crippen LogP contribution in [0.1, 0.15) is 63.2 Å². The van der Waals surface area contributed by atoms with Crippen LogP contribution in [0.4, 0.5) is 5.69 Å². The highest BCUT2D eigenvalue weighted by Crippen LogP contribution is 2.17. The molecular weight excluding hydrogens is 366 g/mol. The van der Waals surface area contributed by atoms with Gasteiger partial charge in [0.15, 0.2) is 0 Å². The van der Waals surface area contributed by atoms with Crippen LogP contribution in [0.15, 0.2) is 41.8 Å². The standard InChI is InChI=1S/C24H31NO2S/c1-2-3-14-24(26)27-22-17-15-21(16-18-22)25-19-10-8-6-4-5-7-9-12-23-13-11-20-28-23/h11,13,15-18,20,25H,2,4-10,12,19H2,1H3. The molecule has 0 saturated heterocycles. The first-order valence-electron chi connectivity index (χ1n) is 10.3. The number of thiophene rings is 1. The summed E-state index contributed by atoms with van der Waals surface area (Å²) in [4.78, 5) is 13.0. The molecule has 1 heterocycles. The average Bonchev–Trinajstić information content (AvgIpc) is 3.22. The van der Waals surface area contributed by atoms with Gasteiger partial charge in [0.1, 0.15) is 5.75 Å². The second-order valence-electron chi connectivity index (χ2n) is 6.80. The van der Waals surface area contributed by atoms with Gasteiger partial charge in [0.05, 0.1) is 0 Å². The molecule has 0 fully saturated rings. The molecule has 3 nitrogen and oxygen atoms in total. The van der Waals surface area contributed by atoms with E-state index in [1.807, 2.05) is 30.4 Å². The number of hydrogen-bond donors (Lipinski definition) is 1. The molecule has 0 amide bonds. The normalized spacial score (nSPS) is 10.2. The maximum absolute atomic E-state index is 11.5. The zero-order valence-corrected chi connectivity index (χ0v) is 17.7. The second-order valence-corrected chi connectivity index (χ2v) is 7.83. The van der Waals surface area contributed by atoms with Crippen LogP contribution in [0.25, 0.3) is 0 Å². The van der Waals surface area contributed by atoms with Crippen molar-refractivity contribution in [2.45, 2.75) is 64.7 Å². The monoisotopic (exact) mass is 397 g/mol. The minimum absolute atomic E-state index is 0.505. The molecule has 0 saturated carbocycles. The first-order chi connectivity index (χ1) is 13.8. The molecule has 4 heteroatoms. The first kappa shape index (κ1) is 22.0. The summed E-state index contributed by atoms with van der Waals surface area (Å²) >= 11 is 1.87. The molecule has 0 spiro atoms. The van der Waals surface area contributed by atoms with Gasteiger partial charge < -0.3 is 10.1 Å². The molecule has 1 aromatic carbocycles. The van der Waals surface area contributed by atoms with Crippen LogP contribution in [-0.2, 0) is 11.2 Å². The van der Waals surface area contributed by atoms with E-state index in [9.17, 15) is 4.79 Å². The van der Waals surface area contributed by atoms with Crippen LogP contribution in [0.2, 0.25) is 0 Å². The molecule has 28 heavy (non-hydrogen) atoms. The van der Waals surface area contributed by atoms with Gasteiger partial charge in [0.25, 0.3) is 0 Å². The minimum atomic E-state index is -0.505. The molecule has 150 valence electrons. The largest absolute Gasteiger partial charge is 0.417 e. The fourth-order valence-electron chi connectivity index (χ4n) is 2.93. The molecule has 1 aromatic heterocycles. The Bertz CT molecular complexity index is 726. The lowest BCUT2D eigenvalue weighted by Gasteiger charge is -2.07. The van der Waals surface area contributed by atoms with Gasteiger partial charge in [0.2, 0.25) is 0 Å². The van der Waals surface area contributed by atoms with Gasteiger partial charge in [-0.2, -0.15) is 0 Å². The Kier molecular flexibility index (Phi) is 10.9.